The molecule has 1 saturated carbocycles. The summed E-state index contributed by atoms with van der Waals surface area (Å²) in [6, 6.07) is 17.0. The molecule has 2 aromatic rings. The van der Waals surface area contributed by atoms with Crippen LogP contribution >= 0.6 is 11.6 Å². The number of benzene rings is 2. The standard InChI is InChI=1S/C23H22ClN3/c24-21-13-18(11-9-17(21)14-25)27-23(16-6-1-2-7-16)20-12-10-15-5-3-4-8-19(15)22(20)26-27/h3-5,8-9,11,13,16,20,23H,1-2,6-7,10,12H2. The Morgan fingerprint density at radius 2 is 1.89 bits per heavy atom. The van der Waals surface area contributed by atoms with Crippen molar-refractivity contribution in [2.24, 2.45) is 16.9 Å². The number of hydrogen-bond donors (Lipinski definition) is 0. The largest absolute Gasteiger partial charge is 0.261 e. The van der Waals surface area contributed by atoms with E-state index in [0.29, 0.717) is 28.5 Å². The highest BCUT2D eigenvalue weighted by Gasteiger charge is 2.45. The molecule has 0 aromatic heterocycles. The smallest absolute Gasteiger partial charge is 0.101 e. The number of rotatable bonds is 2. The van der Waals surface area contributed by atoms with Gasteiger partial charge >= 0.3 is 0 Å². The van der Waals surface area contributed by atoms with Crippen LogP contribution < -0.4 is 5.01 Å². The van der Waals surface area contributed by atoms with Gasteiger partial charge in [-0.05, 0) is 55.4 Å². The maximum absolute atomic E-state index is 9.20. The molecule has 1 aliphatic heterocycles. The van der Waals surface area contributed by atoms with Crippen LogP contribution in [0.3, 0.4) is 0 Å². The summed E-state index contributed by atoms with van der Waals surface area (Å²) < 4.78 is 0. The van der Waals surface area contributed by atoms with E-state index in [0.717, 1.165) is 18.5 Å². The van der Waals surface area contributed by atoms with Crippen LogP contribution in [0, 0.1) is 23.2 Å². The molecule has 0 amide bonds. The van der Waals surface area contributed by atoms with Crippen LogP contribution in [-0.2, 0) is 6.42 Å². The predicted molar refractivity (Wildman–Crippen MR) is 109 cm³/mol. The van der Waals surface area contributed by atoms with Gasteiger partial charge in [-0.2, -0.15) is 10.4 Å². The van der Waals surface area contributed by atoms with Crippen LogP contribution in [0.1, 0.15) is 48.8 Å². The molecule has 136 valence electrons. The molecule has 27 heavy (non-hydrogen) atoms. The minimum absolute atomic E-state index is 0.403. The summed E-state index contributed by atoms with van der Waals surface area (Å²) in [6.07, 6.45) is 7.50. The Bertz CT molecular complexity index is 952. The van der Waals surface area contributed by atoms with Gasteiger partial charge in [0.05, 0.1) is 28.0 Å². The van der Waals surface area contributed by atoms with Gasteiger partial charge in [0.25, 0.3) is 0 Å². The molecule has 0 spiro atoms. The summed E-state index contributed by atoms with van der Waals surface area (Å²) in [5.41, 5.74) is 5.51. The van der Waals surface area contributed by atoms with E-state index in [9.17, 15) is 5.26 Å². The third-order valence-corrected chi connectivity index (χ3v) is 6.81. The van der Waals surface area contributed by atoms with Crippen molar-refractivity contribution in [1.82, 2.24) is 0 Å². The van der Waals surface area contributed by atoms with Crippen LogP contribution in [0.15, 0.2) is 47.6 Å². The number of hydrazone groups is 1. The van der Waals surface area contributed by atoms with Crippen molar-refractivity contribution in [2.45, 2.75) is 44.6 Å². The topological polar surface area (TPSA) is 39.4 Å². The zero-order valence-electron chi connectivity index (χ0n) is 15.2. The number of aryl methyl sites for hydroxylation is 1. The third-order valence-electron chi connectivity index (χ3n) is 6.50. The summed E-state index contributed by atoms with van der Waals surface area (Å²) >= 11 is 6.35. The molecular weight excluding hydrogens is 354 g/mol. The Labute approximate surface area is 165 Å². The Morgan fingerprint density at radius 3 is 2.67 bits per heavy atom. The van der Waals surface area contributed by atoms with E-state index >= 15 is 0 Å². The highest BCUT2D eigenvalue weighted by Crippen LogP contribution is 2.45. The van der Waals surface area contributed by atoms with Crippen molar-refractivity contribution in [1.29, 1.82) is 5.26 Å². The maximum atomic E-state index is 9.20. The van der Waals surface area contributed by atoms with Crippen molar-refractivity contribution in [3.8, 4) is 6.07 Å². The quantitative estimate of drug-likeness (QED) is 0.689. The fourth-order valence-electron chi connectivity index (χ4n) is 5.24. The van der Waals surface area contributed by atoms with Crippen molar-refractivity contribution < 1.29 is 0 Å². The van der Waals surface area contributed by atoms with E-state index < -0.39 is 0 Å². The van der Waals surface area contributed by atoms with Crippen LogP contribution in [0.4, 0.5) is 5.69 Å². The molecule has 0 N–H and O–H groups in total. The second kappa shape index (κ2) is 6.69. The van der Waals surface area contributed by atoms with E-state index in [-0.39, 0.29) is 0 Å². The number of fused-ring (bicyclic) bond motifs is 3. The average Bonchev–Trinajstić information content (AvgIpc) is 3.35. The van der Waals surface area contributed by atoms with Gasteiger partial charge in [0, 0.05) is 11.5 Å². The van der Waals surface area contributed by atoms with Gasteiger partial charge in [-0.1, -0.05) is 48.7 Å². The Morgan fingerprint density at radius 1 is 1.07 bits per heavy atom. The van der Waals surface area contributed by atoms with Gasteiger partial charge in [-0.15, -0.1) is 0 Å². The van der Waals surface area contributed by atoms with Gasteiger partial charge < -0.3 is 0 Å². The monoisotopic (exact) mass is 375 g/mol. The number of anilines is 1. The lowest BCUT2D eigenvalue weighted by Gasteiger charge is -2.34. The zero-order valence-corrected chi connectivity index (χ0v) is 16.0. The number of halogens is 1. The number of hydrogen-bond acceptors (Lipinski definition) is 3. The maximum Gasteiger partial charge on any atom is 0.101 e. The molecule has 5 rings (SSSR count). The summed E-state index contributed by atoms with van der Waals surface area (Å²) in [5, 5.41) is 17.1. The van der Waals surface area contributed by atoms with E-state index in [1.807, 2.05) is 18.2 Å². The fraction of sp³-hybridized carbons (Fsp3) is 0.391. The predicted octanol–water partition coefficient (Wildman–Crippen LogP) is 5.56. The third kappa shape index (κ3) is 2.75. The molecule has 1 heterocycles. The van der Waals surface area contributed by atoms with E-state index in [2.05, 4.69) is 35.3 Å². The van der Waals surface area contributed by atoms with E-state index in [1.165, 1.54) is 42.5 Å². The van der Waals surface area contributed by atoms with Gasteiger partial charge in [-0.3, -0.25) is 5.01 Å². The van der Waals surface area contributed by atoms with Crippen molar-refractivity contribution in [2.75, 3.05) is 5.01 Å². The lowest BCUT2D eigenvalue weighted by Crippen LogP contribution is -2.40. The lowest BCUT2D eigenvalue weighted by molar-refractivity contribution is 0.353. The first-order valence-electron chi connectivity index (χ1n) is 9.92. The average molecular weight is 376 g/mol. The second-order valence-electron chi connectivity index (χ2n) is 7.94. The van der Waals surface area contributed by atoms with Crippen molar-refractivity contribution in [3.63, 3.8) is 0 Å². The molecule has 3 aliphatic rings. The fourth-order valence-corrected chi connectivity index (χ4v) is 5.46. The summed E-state index contributed by atoms with van der Waals surface area (Å²) in [5.74, 6) is 1.16. The van der Waals surface area contributed by atoms with E-state index in [1.54, 1.807) is 0 Å². The highest BCUT2D eigenvalue weighted by atomic mass is 35.5. The molecule has 2 unspecified atom stereocenters. The summed E-state index contributed by atoms with van der Waals surface area (Å²) in [6.45, 7) is 0. The number of nitrogens with zero attached hydrogens (tertiary/aromatic N) is 3. The van der Waals surface area contributed by atoms with Crippen LogP contribution in [-0.4, -0.2) is 11.8 Å². The second-order valence-corrected chi connectivity index (χ2v) is 8.35. The van der Waals surface area contributed by atoms with Crippen LogP contribution in [0.5, 0.6) is 0 Å². The molecular formula is C23H22ClN3. The summed E-state index contributed by atoms with van der Waals surface area (Å²) in [7, 11) is 0. The molecule has 3 nitrogen and oxygen atoms in total. The SMILES string of the molecule is N#Cc1ccc(N2N=C3c4ccccc4CCC3C2C2CCCC2)cc1Cl. The van der Waals surface area contributed by atoms with Gasteiger partial charge in [0.1, 0.15) is 6.07 Å². The molecule has 2 aliphatic carbocycles. The van der Waals surface area contributed by atoms with Crippen LogP contribution in [0.25, 0.3) is 0 Å². The minimum Gasteiger partial charge on any atom is -0.261 e. The Balaban J connectivity index is 1.60. The minimum atomic E-state index is 0.403. The highest BCUT2D eigenvalue weighted by molar-refractivity contribution is 6.32. The molecule has 4 heteroatoms. The Hall–Kier alpha value is -2.31. The van der Waals surface area contributed by atoms with Crippen molar-refractivity contribution >= 4 is 23.0 Å². The first-order chi connectivity index (χ1) is 13.3. The summed E-state index contributed by atoms with van der Waals surface area (Å²) in [4.78, 5) is 0. The Kier molecular flexibility index (Phi) is 4.17. The van der Waals surface area contributed by atoms with Gasteiger partial charge in [0.15, 0.2) is 0 Å². The normalized spacial score (nSPS) is 24.3. The van der Waals surface area contributed by atoms with Crippen LogP contribution in [0.2, 0.25) is 5.02 Å². The van der Waals surface area contributed by atoms with Crippen molar-refractivity contribution in [3.05, 3.63) is 64.2 Å². The lowest BCUT2D eigenvalue weighted by atomic mass is 9.75. The zero-order chi connectivity index (χ0) is 18.4. The first kappa shape index (κ1) is 16.8. The van der Waals surface area contributed by atoms with Gasteiger partial charge in [-0.25, -0.2) is 0 Å². The molecule has 1 fully saturated rings. The molecule has 0 radical (unpaired) electrons. The molecule has 0 bridgehead atoms. The molecule has 2 aromatic carbocycles. The number of nitriles is 1. The molecule has 2 atom stereocenters. The molecule has 0 saturated heterocycles. The first-order valence-corrected chi connectivity index (χ1v) is 10.3. The van der Waals surface area contributed by atoms with Gasteiger partial charge in [0.2, 0.25) is 0 Å². The van der Waals surface area contributed by atoms with E-state index in [4.69, 9.17) is 16.7 Å².